The number of nitrogens with zero attached hydrogens (tertiary/aromatic N) is 1. The molecule has 2 aromatic carbocycles. The first-order valence-electron chi connectivity index (χ1n) is 14.8. The summed E-state index contributed by atoms with van der Waals surface area (Å²) in [4.78, 5) is 2.49. The van der Waals surface area contributed by atoms with E-state index >= 15 is 0 Å². The van der Waals surface area contributed by atoms with E-state index in [-0.39, 0.29) is 16.8 Å². The summed E-state index contributed by atoms with van der Waals surface area (Å²) in [5.41, 5.74) is 3.87. The number of fused-ring (bicyclic) bond motifs is 6. The van der Waals surface area contributed by atoms with Crippen molar-refractivity contribution in [1.29, 1.82) is 0 Å². The number of phenolic OH excluding ortho intramolecular Hbond substituents is 1. The Balaban J connectivity index is 1.22. The first-order chi connectivity index (χ1) is 18.5. The molecular formula is C33H40ClNO3. The van der Waals surface area contributed by atoms with Crippen molar-refractivity contribution in [2.75, 3.05) is 32.8 Å². The number of ether oxygens (including phenoxy) is 2. The van der Waals surface area contributed by atoms with Gasteiger partial charge in [0, 0.05) is 12.0 Å². The molecule has 4 nitrogen and oxygen atoms in total. The first-order valence-corrected chi connectivity index (χ1v) is 15.1. The number of rotatable bonds is 5. The highest BCUT2D eigenvalue weighted by molar-refractivity contribution is 6.32. The number of benzene rings is 2. The molecule has 2 aromatic rings. The topological polar surface area (TPSA) is 41.9 Å². The Morgan fingerprint density at radius 1 is 1.11 bits per heavy atom. The van der Waals surface area contributed by atoms with E-state index in [0.29, 0.717) is 28.7 Å². The highest BCUT2D eigenvalue weighted by atomic mass is 35.5. The average molecular weight is 534 g/mol. The van der Waals surface area contributed by atoms with Crippen LogP contribution in [0.3, 0.4) is 0 Å². The van der Waals surface area contributed by atoms with E-state index in [9.17, 15) is 5.11 Å². The Bertz CT molecular complexity index is 1220. The van der Waals surface area contributed by atoms with Crippen molar-refractivity contribution in [3.8, 4) is 11.5 Å². The van der Waals surface area contributed by atoms with Crippen molar-refractivity contribution < 1.29 is 14.6 Å². The summed E-state index contributed by atoms with van der Waals surface area (Å²) in [6.45, 7) is 7.41. The molecule has 38 heavy (non-hydrogen) atoms. The fraction of sp³-hybridized carbons (Fsp3) is 0.576. The van der Waals surface area contributed by atoms with Crippen LogP contribution in [0.25, 0.3) is 0 Å². The minimum absolute atomic E-state index is 0.106. The fourth-order valence-corrected chi connectivity index (χ4v) is 9.46. The second-order valence-corrected chi connectivity index (χ2v) is 13.0. The molecule has 7 rings (SSSR count). The van der Waals surface area contributed by atoms with Crippen molar-refractivity contribution >= 4 is 11.6 Å². The summed E-state index contributed by atoms with van der Waals surface area (Å²) in [7, 11) is 0. The minimum atomic E-state index is -0.133. The monoisotopic (exact) mass is 533 g/mol. The lowest BCUT2D eigenvalue weighted by atomic mass is 9.49. The van der Waals surface area contributed by atoms with E-state index in [1.165, 1.54) is 43.5 Å². The molecule has 1 saturated heterocycles. The maximum absolute atomic E-state index is 10.4. The lowest BCUT2D eigenvalue weighted by Crippen LogP contribution is -2.52. The molecular weight excluding hydrogens is 494 g/mol. The van der Waals surface area contributed by atoms with E-state index in [1.807, 2.05) is 6.07 Å². The average Bonchev–Trinajstić information content (AvgIpc) is 3.68. The molecule has 2 aliphatic heterocycles. The molecule has 0 radical (unpaired) electrons. The van der Waals surface area contributed by atoms with E-state index in [1.54, 1.807) is 0 Å². The molecule has 6 atom stereocenters. The van der Waals surface area contributed by atoms with E-state index in [2.05, 4.69) is 54.3 Å². The Morgan fingerprint density at radius 2 is 1.92 bits per heavy atom. The largest absolute Gasteiger partial charge is 0.506 e. The van der Waals surface area contributed by atoms with Gasteiger partial charge in [-0.2, -0.15) is 0 Å². The van der Waals surface area contributed by atoms with Gasteiger partial charge in [-0.05, 0) is 117 Å². The molecule has 3 aliphatic carbocycles. The third-order valence-electron chi connectivity index (χ3n) is 11.0. The molecule has 0 unspecified atom stereocenters. The number of hydrogen-bond acceptors (Lipinski definition) is 4. The van der Waals surface area contributed by atoms with E-state index in [0.717, 1.165) is 56.8 Å². The zero-order valence-corrected chi connectivity index (χ0v) is 23.3. The van der Waals surface area contributed by atoms with Crippen LogP contribution in [0.15, 0.2) is 48.6 Å². The number of phenols is 1. The molecule has 202 valence electrons. The standard InChI is InChI=1S/C33H40ClNO3/c1-32-21-27(22-5-7-23(8-6-22)37-20-18-35-16-2-3-17-35)30-24-11-12-29(36)31(34)25(24)9-10-26(30)28(32)13-15-33(32)14-4-19-38-33/h4-8,11-12,14,26-28,30,36H,2-3,9-10,13,15-21H2,1H3/t26-,27+,28-,30+,32-,33-/m0/s1. The Kier molecular flexibility index (Phi) is 6.29. The van der Waals surface area contributed by atoms with Crippen molar-refractivity contribution in [2.24, 2.45) is 17.3 Å². The van der Waals surface area contributed by atoms with Crippen LogP contribution in [-0.2, 0) is 11.2 Å². The van der Waals surface area contributed by atoms with Gasteiger partial charge in [0.25, 0.3) is 0 Å². The summed E-state index contributed by atoms with van der Waals surface area (Å²) in [5, 5.41) is 10.9. The van der Waals surface area contributed by atoms with Gasteiger partial charge in [0.05, 0.1) is 17.2 Å². The van der Waals surface area contributed by atoms with Crippen molar-refractivity contribution in [3.63, 3.8) is 0 Å². The highest BCUT2D eigenvalue weighted by Crippen LogP contribution is 2.69. The van der Waals surface area contributed by atoms with Crippen LogP contribution < -0.4 is 4.74 Å². The SMILES string of the molecule is C[C@]12C[C@H](c3ccc(OCCN4CCCC4)cc3)[C@@H]3c4ccc(O)c(Cl)c4CC[C@H]3[C@@H]1CC[C@@]21C=CCO1. The second kappa shape index (κ2) is 9.57. The molecule has 3 fully saturated rings. The van der Waals surface area contributed by atoms with E-state index in [4.69, 9.17) is 21.1 Å². The van der Waals surface area contributed by atoms with Crippen LogP contribution >= 0.6 is 11.6 Å². The molecule has 2 saturated carbocycles. The van der Waals surface area contributed by atoms with Crippen LogP contribution in [-0.4, -0.2) is 48.5 Å². The lowest BCUT2D eigenvalue weighted by molar-refractivity contribution is -0.101. The fourth-order valence-electron chi connectivity index (χ4n) is 9.19. The van der Waals surface area contributed by atoms with Gasteiger partial charge >= 0.3 is 0 Å². The van der Waals surface area contributed by atoms with Crippen LogP contribution in [0.2, 0.25) is 5.02 Å². The quantitative estimate of drug-likeness (QED) is 0.416. The summed E-state index contributed by atoms with van der Waals surface area (Å²) in [5.74, 6) is 3.15. The molecule has 5 aliphatic rings. The third-order valence-corrected chi connectivity index (χ3v) is 11.4. The Morgan fingerprint density at radius 3 is 2.68 bits per heavy atom. The normalized spacial score (nSPS) is 35.8. The van der Waals surface area contributed by atoms with E-state index < -0.39 is 0 Å². The molecule has 5 heteroatoms. The van der Waals surface area contributed by atoms with Gasteiger partial charge in [0.15, 0.2) is 0 Å². The molecule has 2 heterocycles. The molecule has 1 N–H and O–H groups in total. The third kappa shape index (κ3) is 3.85. The van der Waals surface area contributed by atoms with Gasteiger partial charge in [-0.25, -0.2) is 0 Å². The molecule has 0 bridgehead atoms. The van der Waals surface area contributed by atoms with Gasteiger partial charge in [-0.1, -0.05) is 48.9 Å². The summed E-state index contributed by atoms with van der Waals surface area (Å²) < 4.78 is 12.7. The Labute approximate surface area is 232 Å². The van der Waals surface area contributed by atoms with Gasteiger partial charge in [-0.3, -0.25) is 4.90 Å². The number of hydrogen-bond donors (Lipinski definition) is 1. The summed E-state index contributed by atoms with van der Waals surface area (Å²) >= 11 is 6.69. The smallest absolute Gasteiger partial charge is 0.134 e. The van der Waals surface area contributed by atoms with Gasteiger partial charge in [-0.15, -0.1) is 0 Å². The van der Waals surface area contributed by atoms with Crippen molar-refractivity contribution in [2.45, 2.75) is 69.3 Å². The predicted molar refractivity (Wildman–Crippen MR) is 151 cm³/mol. The van der Waals surface area contributed by atoms with Crippen LogP contribution in [0.5, 0.6) is 11.5 Å². The molecule has 0 amide bonds. The zero-order chi connectivity index (χ0) is 25.9. The predicted octanol–water partition coefficient (Wildman–Crippen LogP) is 7.10. The maximum Gasteiger partial charge on any atom is 0.134 e. The van der Waals surface area contributed by atoms with Crippen molar-refractivity contribution in [3.05, 3.63) is 70.3 Å². The highest BCUT2D eigenvalue weighted by Gasteiger charge is 2.64. The summed E-state index contributed by atoms with van der Waals surface area (Å²) in [6, 6.07) is 12.9. The maximum atomic E-state index is 10.4. The van der Waals surface area contributed by atoms with Gasteiger partial charge in [0.2, 0.25) is 0 Å². The van der Waals surface area contributed by atoms with Gasteiger partial charge < -0.3 is 14.6 Å². The molecule has 0 aromatic heterocycles. The first kappa shape index (κ1) is 25.0. The second-order valence-electron chi connectivity index (χ2n) is 12.6. The summed E-state index contributed by atoms with van der Waals surface area (Å²) in [6.07, 6.45) is 12.8. The lowest BCUT2D eigenvalue weighted by Gasteiger charge is -2.56. The van der Waals surface area contributed by atoms with Crippen LogP contribution in [0.4, 0.5) is 0 Å². The zero-order valence-electron chi connectivity index (χ0n) is 22.5. The van der Waals surface area contributed by atoms with Crippen LogP contribution in [0, 0.1) is 17.3 Å². The number of halogens is 1. The number of likely N-dealkylation sites (tertiary alicyclic amines) is 1. The molecule has 1 spiro atoms. The Hall–Kier alpha value is -2.01. The van der Waals surface area contributed by atoms with Gasteiger partial charge in [0.1, 0.15) is 18.1 Å². The van der Waals surface area contributed by atoms with Crippen molar-refractivity contribution in [1.82, 2.24) is 4.90 Å². The number of aromatic hydroxyl groups is 1. The minimum Gasteiger partial charge on any atom is -0.506 e. The van der Waals surface area contributed by atoms with Crippen LogP contribution in [0.1, 0.15) is 74.0 Å².